The van der Waals surface area contributed by atoms with Crippen molar-refractivity contribution in [3.63, 3.8) is 0 Å². The van der Waals surface area contributed by atoms with Crippen LogP contribution >= 0.6 is 0 Å². The molecular weight excluding hydrogens is 226 g/mol. The number of rotatable bonds is 2. The van der Waals surface area contributed by atoms with Crippen LogP contribution in [0.4, 0.5) is 5.69 Å². The second-order valence-corrected chi connectivity index (χ2v) is 4.82. The van der Waals surface area contributed by atoms with Gasteiger partial charge in [0.15, 0.2) is 5.78 Å². The quantitative estimate of drug-likeness (QED) is 0.476. The summed E-state index contributed by atoms with van der Waals surface area (Å²) in [6.45, 7) is 1.93. The lowest BCUT2D eigenvalue weighted by atomic mass is 10.1. The summed E-state index contributed by atoms with van der Waals surface area (Å²) in [5, 5.41) is 12.8. The molecule has 1 aromatic carbocycles. The molecule has 1 aromatic rings. The normalized spacial score (nSPS) is 18.7. The first-order valence-electron chi connectivity index (χ1n) is 6.45. The highest BCUT2D eigenvalue weighted by Crippen LogP contribution is 2.25. The number of hydrogen-bond acceptors (Lipinski definition) is 3. The van der Waals surface area contributed by atoms with E-state index in [2.05, 4.69) is 5.32 Å². The van der Waals surface area contributed by atoms with Gasteiger partial charge in [-0.2, -0.15) is 0 Å². The highest BCUT2D eigenvalue weighted by molar-refractivity contribution is 5.95. The summed E-state index contributed by atoms with van der Waals surface area (Å²) in [6.07, 6.45) is 6.41. The Morgan fingerprint density at radius 2 is 2.00 bits per heavy atom. The van der Waals surface area contributed by atoms with Crippen LogP contribution in [0.5, 0.6) is 5.75 Å². The molecule has 0 saturated heterocycles. The van der Waals surface area contributed by atoms with Gasteiger partial charge < -0.3 is 10.4 Å². The summed E-state index contributed by atoms with van der Waals surface area (Å²) in [7, 11) is 0. The second-order valence-electron chi connectivity index (χ2n) is 4.82. The summed E-state index contributed by atoms with van der Waals surface area (Å²) in [5.41, 5.74) is 2.49. The lowest BCUT2D eigenvalue weighted by Crippen LogP contribution is -2.02. The largest absolute Gasteiger partial charge is 0.506 e. The number of hydrogen-bond donors (Lipinski definition) is 2. The number of carbonyl (C=O) groups is 1. The van der Waals surface area contributed by atoms with Crippen molar-refractivity contribution in [1.29, 1.82) is 0 Å². The molecule has 2 rings (SSSR count). The number of carbonyl (C=O) groups excluding carboxylic acids is 1. The smallest absolute Gasteiger partial charge is 0.160 e. The van der Waals surface area contributed by atoms with Gasteiger partial charge >= 0.3 is 0 Å². The maximum Gasteiger partial charge on any atom is 0.160 e. The van der Waals surface area contributed by atoms with Crippen molar-refractivity contribution in [1.82, 2.24) is 0 Å². The van der Waals surface area contributed by atoms with Gasteiger partial charge in [-0.25, -0.2) is 0 Å². The highest BCUT2D eigenvalue weighted by Gasteiger charge is 2.13. The summed E-state index contributed by atoms with van der Waals surface area (Å²) < 4.78 is 0. The van der Waals surface area contributed by atoms with E-state index < -0.39 is 0 Å². The van der Waals surface area contributed by atoms with Gasteiger partial charge in [0.05, 0.1) is 5.69 Å². The number of aryl methyl sites for hydroxylation is 1. The summed E-state index contributed by atoms with van der Waals surface area (Å²) in [4.78, 5) is 11.8. The van der Waals surface area contributed by atoms with E-state index in [9.17, 15) is 9.90 Å². The van der Waals surface area contributed by atoms with Crippen LogP contribution in [0.25, 0.3) is 0 Å². The fourth-order valence-corrected chi connectivity index (χ4v) is 2.16. The first-order chi connectivity index (χ1) is 8.66. The van der Waals surface area contributed by atoms with Gasteiger partial charge in [0.2, 0.25) is 0 Å². The van der Waals surface area contributed by atoms with E-state index in [1.165, 1.54) is 0 Å². The monoisotopic (exact) mass is 245 g/mol. The van der Waals surface area contributed by atoms with Crippen LogP contribution < -0.4 is 5.32 Å². The highest BCUT2D eigenvalue weighted by atomic mass is 16.3. The molecule has 0 spiro atoms. The van der Waals surface area contributed by atoms with Gasteiger partial charge in [0.25, 0.3) is 0 Å². The Morgan fingerprint density at radius 1 is 1.22 bits per heavy atom. The Kier molecular flexibility index (Phi) is 4.03. The predicted octanol–water partition coefficient (Wildman–Crippen LogP) is 3.53. The standard InChI is InChI=1S/C15H19NO2/c1-11-7-8-13(15(18)9-11)16-10-12-5-3-2-4-6-14(12)17/h7-10,16,18H,2-6H2,1H3. The Hall–Kier alpha value is -1.77. The molecule has 2 N–H and O–H groups in total. The van der Waals surface area contributed by atoms with E-state index in [0.717, 1.165) is 36.8 Å². The third-order valence-corrected chi connectivity index (χ3v) is 3.26. The van der Waals surface area contributed by atoms with Gasteiger partial charge in [-0.1, -0.05) is 12.5 Å². The topological polar surface area (TPSA) is 49.3 Å². The molecule has 0 aromatic heterocycles. The molecule has 0 unspecified atom stereocenters. The fourth-order valence-electron chi connectivity index (χ4n) is 2.16. The van der Waals surface area contributed by atoms with E-state index in [1.807, 2.05) is 19.1 Å². The fraction of sp³-hybridized carbons (Fsp3) is 0.400. The molecule has 3 nitrogen and oxygen atoms in total. The number of nitrogens with one attached hydrogen (secondary N) is 1. The number of allylic oxidation sites excluding steroid dienone is 1. The van der Waals surface area contributed by atoms with Crippen molar-refractivity contribution in [3.05, 3.63) is 35.5 Å². The minimum absolute atomic E-state index is 0.216. The first kappa shape index (κ1) is 12.7. The molecular formula is C15H19NO2. The summed E-state index contributed by atoms with van der Waals surface area (Å²) >= 11 is 0. The predicted molar refractivity (Wildman–Crippen MR) is 72.6 cm³/mol. The minimum Gasteiger partial charge on any atom is -0.506 e. The zero-order valence-electron chi connectivity index (χ0n) is 10.7. The molecule has 0 bridgehead atoms. The van der Waals surface area contributed by atoms with Crippen LogP contribution in [0.15, 0.2) is 30.0 Å². The second kappa shape index (κ2) is 5.71. The van der Waals surface area contributed by atoms with Gasteiger partial charge in [-0.15, -0.1) is 0 Å². The molecule has 1 aliphatic carbocycles. The average Bonchev–Trinajstić information content (AvgIpc) is 2.53. The van der Waals surface area contributed by atoms with Crippen molar-refractivity contribution in [3.8, 4) is 5.75 Å². The average molecular weight is 245 g/mol. The third-order valence-electron chi connectivity index (χ3n) is 3.26. The van der Waals surface area contributed by atoms with Crippen molar-refractivity contribution in [2.75, 3.05) is 5.32 Å². The van der Waals surface area contributed by atoms with Crippen molar-refractivity contribution in [2.24, 2.45) is 0 Å². The van der Waals surface area contributed by atoms with Crippen LogP contribution in [-0.2, 0) is 4.79 Å². The number of Topliss-reactive ketones (excluding diaryl/α,β-unsaturated/α-hetero) is 1. The van der Waals surface area contributed by atoms with Crippen molar-refractivity contribution >= 4 is 11.5 Å². The van der Waals surface area contributed by atoms with E-state index in [4.69, 9.17) is 0 Å². The number of anilines is 1. The number of ketones is 1. The maximum absolute atomic E-state index is 11.8. The van der Waals surface area contributed by atoms with Gasteiger partial charge in [-0.3, -0.25) is 4.79 Å². The van der Waals surface area contributed by atoms with Crippen LogP contribution in [-0.4, -0.2) is 10.9 Å². The molecule has 3 heteroatoms. The molecule has 0 aliphatic heterocycles. The Labute approximate surface area is 108 Å². The van der Waals surface area contributed by atoms with Gasteiger partial charge in [-0.05, 0) is 43.9 Å². The molecule has 1 aliphatic rings. The van der Waals surface area contributed by atoms with Crippen LogP contribution in [0.1, 0.15) is 37.7 Å². The van der Waals surface area contributed by atoms with E-state index in [0.29, 0.717) is 12.1 Å². The van der Waals surface area contributed by atoms with Crippen LogP contribution in [0, 0.1) is 6.92 Å². The lowest BCUT2D eigenvalue weighted by Gasteiger charge is -2.07. The van der Waals surface area contributed by atoms with Crippen molar-refractivity contribution < 1.29 is 9.90 Å². The SMILES string of the molecule is Cc1ccc(NC=C2CCCCCC2=O)c(O)c1. The number of aromatic hydroxyl groups is 1. The Balaban J connectivity index is 2.11. The Bertz CT molecular complexity index is 477. The van der Waals surface area contributed by atoms with Crippen LogP contribution in [0.3, 0.4) is 0 Å². The van der Waals surface area contributed by atoms with E-state index in [1.54, 1.807) is 12.3 Å². The zero-order chi connectivity index (χ0) is 13.0. The molecule has 96 valence electrons. The number of benzene rings is 1. The van der Waals surface area contributed by atoms with E-state index in [-0.39, 0.29) is 11.5 Å². The molecule has 1 fully saturated rings. The van der Waals surface area contributed by atoms with E-state index >= 15 is 0 Å². The van der Waals surface area contributed by atoms with Crippen LogP contribution in [0.2, 0.25) is 0 Å². The molecule has 0 atom stereocenters. The maximum atomic E-state index is 11.8. The molecule has 0 heterocycles. The first-order valence-corrected chi connectivity index (χ1v) is 6.45. The molecule has 1 saturated carbocycles. The van der Waals surface area contributed by atoms with Crippen molar-refractivity contribution in [2.45, 2.75) is 39.0 Å². The Morgan fingerprint density at radius 3 is 2.78 bits per heavy atom. The zero-order valence-corrected chi connectivity index (χ0v) is 10.7. The van der Waals surface area contributed by atoms with Gasteiger partial charge in [0.1, 0.15) is 5.75 Å². The third kappa shape index (κ3) is 3.13. The minimum atomic E-state index is 0.216. The lowest BCUT2D eigenvalue weighted by molar-refractivity contribution is -0.115. The van der Waals surface area contributed by atoms with Gasteiger partial charge in [0, 0.05) is 18.2 Å². The number of phenolic OH excluding ortho intramolecular Hbond substituents is 1. The summed E-state index contributed by atoms with van der Waals surface area (Å²) in [6, 6.07) is 5.45. The molecule has 0 amide bonds. The molecule has 18 heavy (non-hydrogen) atoms. The molecule has 0 radical (unpaired) electrons. The number of phenols is 1. The summed E-state index contributed by atoms with van der Waals surface area (Å²) in [5.74, 6) is 0.444.